The van der Waals surface area contributed by atoms with E-state index in [4.69, 9.17) is 23.8 Å². The van der Waals surface area contributed by atoms with Crippen LogP contribution in [0, 0.1) is 0 Å². The van der Waals surface area contributed by atoms with Crippen molar-refractivity contribution in [1.29, 1.82) is 0 Å². The molecule has 0 saturated heterocycles. The highest BCUT2D eigenvalue weighted by Gasteiger charge is 2.52. The molecule has 0 aliphatic heterocycles. The van der Waals surface area contributed by atoms with Gasteiger partial charge in [-0.25, -0.2) is 15.0 Å². The van der Waals surface area contributed by atoms with Crippen LogP contribution in [0.25, 0.3) is 111 Å². The zero-order valence-electron chi connectivity index (χ0n) is 33.7. The van der Waals surface area contributed by atoms with Crippen molar-refractivity contribution in [3.63, 3.8) is 0 Å². The van der Waals surface area contributed by atoms with Crippen molar-refractivity contribution < 1.29 is 8.83 Å². The maximum absolute atomic E-state index is 6.22. The van der Waals surface area contributed by atoms with Crippen LogP contribution in [0.1, 0.15) is 22.3 Å². The van der Waals surface area contributed by atoms with Crippen molar-refractivity contribution in [3.05, 3.63) is 222 Å². The predicted molar refractivity (Wildman–Crippen MR) is 252 cm³/mol. The molecule has 0 N–H and O–H groups in total. The molecular formula is C58H33N3O2. The molecule has 63 heavy (non-hydrogen) atoms. The Balaban J connectivity index is 0.984. The molecule has 5 heteroatoms. The fourth-order valence-corrected chi connectivity index (χ4v) is 10.7. The quantitative estimate of drug-likeness (QED) is 0.177. The number of aromatic nitrogens is 3. The molecule has 0 radical (unpaired) electrons. The lowest BCUT2D eigenvalue weighted by molar-refractivity contribution is 0.668. The van der Waals surface area contributed by atoms with E-state index < -0.39 is 5.41 Å². The second kappa shape index (κ2) is 12.8. The van der Waals surface area contributed by atoms with Crippen LogP contribution < -0.4 is 0 Å². The van der Waals surface area contributed by atoms with Gasteiger partial charge in [0, 0.05) is 38.2 Å². The minimum Gasteiger partial charge on any atom is -0.456 e. The van der Waals surface area contributed by atoms with Crippen LogP contribution in [0.3, 0.4) is 0 Å². The summed E-state index contributed by atoms with van der Waals surface area (Å²) in [5, 5.41) is 4.14. The van der Waals surface area contributed by atoms with Crippen LogP contribution in [0.5, 0.6) is 0 Å². The number of hydrogen-bond donors (Lipinski definition) is 0. The second-order valence-corrected chi connectivity index (χ2v) is 16.6. The highest BCUT2D eigenvalue weighted by atomic mass is 16.3. The van der Waals surface area contributed by atoms with Gasteiger partial charge in [-0.3, -0.25) is 0 Å². The van der Waals surface area contributed by atoms with Crippen LogP contribution in [0.2, 0.25) is 0 Å². The van der Waals surface area contributed by atoms with E-state index >= 15 is 0 Å². The van der Waals surface area contributed by atoms with Crippen molar-refractivity contribution in [2.45, 2.75) is 5.41 Å². The van der Waals surface area contributed by atoms with Gasteiger partial charge in [0.05, 0.1) is 5.41 Å². The van der Waals surface area contributed by atoms with Gasteiger partial charge >= 0.3 is 0 Å². The van der Waals surface area contributed by atoms with E-state index in [0.29, 0.717) is 17.5 Å². The molecule has 14 rings (SSSR count). The molecule has 0 bridgehead atoms. The maximum atomic E-state index is 6.22. The first-order chi connectivity index (χ1) is 31.2. The lowest BCUT2D eigenvalue weighted by Gasteiger charge is -2.32. The van der Waals surface area contributed by atoms with Gasteiger partial charge in [-0.1, -0.05) is 146 Å². The van der Waals surface area contributed by atoms with Gasteiger partial charge in [-0.05, 0) is 110 Å². The Morgan fingerprint density at radius 2 is 0.683 bits per heavy atom. The Labute approximate surface area is 361 Å². The summed E-state index contributed by atoms with van der Waals surface area (Å²) in [6, 6.07) is 71.0. The summed E-state index contributed by atoms with van der Waals surface area (Å²) in [6.45, 7) is 0. The molecule has 9 aromatic carbocycles. The van der Waals surface area contributed by atoms with Crippen LogP contribution >= 0.6 is 0 Å². The van der Waals surface area contributed by atoms with E-state index in [1.54, 1.807) is 0 Å². The van der Waals surface area contributed by atoms with Crippen LogP contribution in [0.4, 0.5) is 0 Å². The van der Waals surface area contributed by atoms with Gasteiger partial charge in [-0.2, -0.15) is 0 Å². The van der Waals surface area contributed by atoms with E-state index in [1.807, 2.05) is 60.7 Å². The fraction of sp³-hybridized carbons (Fsp3) is 0.0172. The Morgan fingerprint density at radius 3 is 1.24 bits per heavy atom. The minimum atomic E-state index is -0.481. The zero-order valence-corrected chi connectivity index (χ0v) is 33.7. The monoisotopic (exact) mass is 803 g/mol. The largest absolute Gasteiger partial charge is 0.456 e. The van der Waals surface area contributed by atoms with Gasteiger partial charge in [-0.15, -0.1) is 0 Å². The number of rotatable bonds is 4. The third-order valence-corrected chi connectivity index (χ3v) is 13.4. The smallest absolute Gasteiger partial charge is 0.164 e. The molecule has 3 aromatic heterocycles. The SMILES string of the molecule is c1cc(-c2nc(-c3ccc4oc5ccccc5c4c3)nc(-c3ccc4oc5ccccc5c4c3)n2)cc(-c2cccc3c2C2(c4ccccc4-c4ccccc42)c2ccccc2-3)c1. The maximum Gasteiger partial charge on any atom is 0.164 e. The van der Waals surface area contributed by atoms with Gasteiger partial charge in [0.1, 0.15) is 22.3 Å². The number of benzene rings is 9. The van der Waals surface area contributed by atoms with Crippen molar-refractivity contribution in [3.8, 4) is 67.5 Å². The molecule has 2 aliphatic carbocycles. The van der Waals surface area contributed by atoms with E-state index in [9.17, 15) is 0 Å². The Bertz CT molecular complexity index is 3700. The molecule has 0 atom stereocenters. The molecule has 0 unspecified atom stereocenters. The van der Waals surface area contributed by atoms with Gasteiger partial charge in [0.2, 0.25) is 0 Å². The van der Waals surface area contributed by atoms with E-state index in [-0.39, 0.29) is 0 Å². The summed E-state index contributed by atoms with van der Waals surface area (Å²) < 4.78 is 12.4. The second-order valence-electron chi connectivity index (χ2n) is 16.6. The Hall–Kier alpha value is -8.41. The lowest BCUT2D eigenvalue weighted by atomic mass is 9.68. The van der Waals surface area contributed by atoms with Crippen molar-refractivity contribution in [2.24, 2.45) is 0 Å². The van der Waals surface area contributed by atoms with E-state index in [0.717, 1.165) is 66.1 Å². The summed E-state index contributed by atoms with van der Waals surface area (Å²) in [4.78, 5) is 15.7. The van der Waals surface area contributed by atoms with E-state index in [1.165, 1.54) is 50.1 Å². The Morgan fingerprint density at radius 1 is 0.286 bits per heavy atom. The highest BCUT2D eigenvalue weighted by molar-refractivity contribution is 6.07. The van der Waals surface area contributed by atoms with Crippen LogP contribution in [-0.2, 0) is 5.41 Å². The first-order valence-electron chi connectivity index (χ1n) is 21.3. The number of para-hydroxylation sites is 2. The molecular weight excluding hydrogens is 771 g/mol. The Kier molecular flexibility index (Phi) is 6.97. The van der Waals surface area contributed by atoms with Crippen LogP contribution in [-0.4, -0.2) is 15.0 Å². The topological polar surface area (TPSA) is 65.0 Å². The molecule has 0 amide bonds. The molecule has 0 fully saturated rings. The first kappa shape index (κ1) is 34.3. The number of furan rings is 2. The zero-order chi connectivity index (χ0) is 41.2. The minimum absolute atomic E-state index is 0.481. The number of hydrogen-bond acceptors (Lipinski definition) is 5. The van der Waals surface area contributed by atoms with Crippen molar-refractivity contribution in [1.82, 2.24) is 15.0 Å². The summed E-state index contributed by atoms with van der Waals surface area (Å²) in [6.07, 6.45) is 0. The third kappa shape index (κ3) is 4.79. The van der Waals surface area contributed by atoms with E-state index in [2.05, 4.69) is 140 Å². The summed E-state index contributed by atoms with van der Waals surface area (Å²) in [7, 11) is 0. The molecule has 1 spiro atoms. The third-order valence-electron chi connectivity index (χ3n) is 13.4. The van der Waals surface area contributed by atoms with Gasteiger partial charge in [0.15, 0.2) is 17.5 Å². The summed E-state index contributed by atoms with van der Waals surface area (Å²) >= 11 is 0. The normalized spacial score (nSPS) is 13.2. The standard InChI is InChI=1S/C58H33N3O2/c1-6-22-47-39(15-1)40-16-2-7-23-48(40)58(47)49-24-8-3-17-41(49)44-21-12-20-38(54(44)58)34-13-11-14-35(31-34)55-59-56(36-27-29-52-45(32-36)42-18-4-9-25-50(42)62-52)61-57(60-55)37-28-30-53-46(33-37)43-19-5-10-26-51(43)63-53/h1-33H. The van der Waals surface area contributed by atoms with Crippen LogP contribution in [0.15, 0.2) is 209 Å². The fourth-order valence-electron chi connectivity index (χ4n) is 10.7. The lowest BCUT2D eigenvalue weighted by Crippen LogP contribution is -2.26. The molecule has 292 valence electrons. The summed E-state index contributed by atoms with van der Waals surface area (Å²) in [5.74, 6) is 1.76. The number of nitrogens with zero attached hydrogens (tertiary/aromatic N) is 3. The molecule has 0 saturated carbocycles. The number of fused-ring (bicyclic) bond motifs is 16. The van der Waals surface area contributed by atoms with Gasteiger partial charge in [0.25, 0.3) is 0 Å². The first-order valence-corrected chi connectivity index (χ1v) is 21.3. The predicted octanol–water partition coefficient (Wildman–Crippen LogP) is 14.7. The molecule has 5 nitrogen and oxygen atoms in total. The highest BCUT2D eigenvalue weighted by Crippen LogP contribution is 2.64. The molecule has 12 aromatic rings. The molecule has 2 aliphatic rings. The summed E-state index contributed by atoms with van der Waals surface area (Å²) in [5.41, 5.74) is 18.1. The average molecular weight is 804 g/mol. The van der Waals surface area contributed by atoms with Gasteiger partial charge < -0.3 is 8.83 Å². The van der Waals surface area contributed by atoms with Crippen molar-refractivity contribution in [2.75, 3.05) is 0 Å². The average Bonchev–Trinajstić information content (AvgIpc) is 4.09. The van der Waals surface area contributed by atoms with Crippen molar-refractivity contribution >= 4 is 43.9 Å². The molecule has 3 heterocycles.